The summed E-state index contributed by atoms with van der Waals surface area (Å²) in [7, 11) is 1.59. The van der Waals surface area contributed by atoms with Gasteiger partial charge < -0.3 is 20.5 Å². The van der Waals surface area contributed by atoms with Gasteiger partial charge >= 0.3 is 0 Å². The minimum Gasteiger partial charge on any atom is -0.493 e. The molecule has 1 aliphatic rings. The van der Waals surface area contributed by atoms with Crippen molar-refractivity contribution in [3.8, 4) is 23.3 Å². The first-order valence-electron chi connectivity index (χ1n) is 15.0. The van der Waals surface area contributed by atoms with Crippen LogP contribution in [0, 0.1) is 11.8 Å². The number of hydrogen-bond acceptors (Lipinski definition) is 6. The topological polar surface area (TPSA) is 111 Å². The molecule has 3 aromatic rings. The normalized spacial score (nSPS) is 15.7. The lowest BCUT2D eigenvalue weighted by Crippen LogP contribution is -2.34. The molecule has 1 heterocycles. The van der Waals surface area contributed by atoms with Gasteiger partial charge in [0, 0.05) is 30.6 Å². The molecule has 0 bridgehead atoms. The summed E-state index contributed by atoms with van der Waals surface area (Å²) in [6.07, 6.45) is 3.52. The van der Waals surface area contributed by atoms with E-state index in [0.29, 0.717) is 36.8 Å². The van der Waals surface area contributed by atoms with Crippen LogP contribution >= 0.6 is 23.4 Å². The van der Waals surface area contributed by atoms with Crippen LogP contribution in [0.25, 0.3) is 0 Å². The monoisotopic (exact) mass is 647 g/mol. The van der Waals surface area contributed by atoms with Crippen molar-refractivity contribution in [2.24, 2.45) is 5.73 Å². The maximum Gasteiger partial charge on any atom is 0.250 e. The number of benzene rings is 3. The Hall–Kier alpha value is -4.13. The fourth-order valence-electron chi connectivity index (χ4n) is 4.95. The molecule has 4 rings (SSSR count). The summed E-state index contributed by atoms with van der Waals surface area (Å²) >= 11 is 7.78. The van der Waals surface area contributed by atoms with Crippen molar-refractivity contribution in [1.29, 1.82) is 0 Å². The molecule has 3 N–H and O–H groups in total. The van der Waals surface area contributed by atoms with Crippen molar-refractivity contribution in [2.45, 2.75) is 56.6 Å². The van der Waals surface area contributed by atoms with Gasteiger partial charge in [0.05, 0.1) is 29.6 Å². The lowest BCUT2D eigenvalue weighted by Gasteiger charge is -2.25. The van der Waals surface area contributed by atoms with Gasteiger partial charge in [-0.05, 0) is 73.4 Å². The number of nitrogens with two attached hydrogens (primary N) is 1. The molecule has 0 radical (unpaired) electrons. The summed E-state index contributed by atoms with van der Waals surface area (Å²) in [5.41, 5.74) is 8.84. The van der Waals surface area contributed by atoms with Crippen LogP contribution in [0.5, 0.6) is 11.5 Å². The Bertz CT molecular complexity index is 1600. The average Bonchev–Trinajstić information content (AvgIpc) is 3.35. The van der Waals surface area contributed by atoms with E-state index >= 15 is 0 Å². The zero-order chi connectivity index (χ0) is 32.3. The second-order valence-electron chi connectivity index (χ2n) is 10.5. The number of halogens is 1. The third-order valence-electron chi connectivity index (χ3n) is 7.23. The van der Waals surface area contributed by atoms with E-state index < -0.39 is 16.5 Å². The highest BCUT2D eigenvalue weighted by atomic mass is 35.5. The van der Waals surface area contributed by atoms with Gasteiger partial charge in [-0.25, -0.2) is 0 Å². The number of hydrogen-bond donors (Lipinski definition) is 2. The second-order valence-corrected chi connectivity index (χ2v) is 12.2. The Labute approximate surface area is 274 Å². The summed E-state index contributed by atoms with van der Waals surface area (Å²) in [4.78, 5) is 40.3. The predicted octanol–water partition coefficient (Wildman–Crippen LogP) is 6.28. The van der Waals surface area contributed by atoms with Crippen LogP contribution in [-0.4, -0.2) is 43.2 Å². The quantitative estimate of drug-likeness (QED) is 0.167. The Morgan fingerprint density at radius 3 is 2.62 bits per heavy atom. The van der Waals surface area contributed by atoms with Gasteiger partial charge in [0.1, 0.15) is 5.37 Å². The number of amides is 3. The standard InChI is InChI=1S/C35H38ClN3O5S/c1-4-6-7-8-10-23-11-9-12-25(19-23)35-39(26-14-15-27(33(37)41)28(36)21-26)34(42)31(45-35)22-32(40)38-18-17-24-13-16-29(44-5-2)30(20-24)43-3/h9,11-16,19-21,31,35H,4-7,17-18,22H2,1-3H3,(H2,37,41)(H,38,40). The van der Waals surface area contributed by atoms with Crippen molar-refractivity contribution in [3.63, 3.8) is 0 Å². The van der Waals surface area contributed by atoms with Crippen molar-refractivity contribution in [3.05, 3.63) is 87.9 Å². The fraction of sp³-hybridized carbons (Fsp3) is 0.343. The highest BCUT2D eigenvalue weighted by Gasteiger charge is 2.43. The molecule has 45 heavy (non-hydrogen) atoms. The summed E-state index contributed by atoms with van der Waals surface area (Å²) < 4.78 is 11.0. The summed E-state index contributed by atoms with van der Waals surface area (Å²) in [6, 6.07) is 18.2. The largest absolute Gasteiger partial charge is 0.493 e. The van der Waals surface area contributed by atoms with Crippen molar-refractivity contribution >= 4 is 46.8 Å². The molecule has 8 nitrogen and oxygen atoms in total. The van der Waals surface area contributed by atoms with Gasteiger partial charge in [0.2, 0.25) is 17.7 Å². The van der Waals surface area contributed by atoms with Gasteiger partial charge in [-0.2, -0.15) is 0 Å². The molecule has 1 saturated heterocycles. The minimum atomic E-state index is -0.655. The number of methoxy groups -OCH3 is 1. The smallest absolute Gasteiger partial charge is 0.250 e. The molecule has 1 aliphatic heterocycles. The number of carbonyl (C=O) groups is 3. The van der Waals surface area contributed by atoms with E-state index in [1.807, 2.05) is 49.4 Å². The van der Waals surface area contributed by atoms with E-state index in [9.17, 15) is 14.4 Å². The summed E-state index contributed by atoms with van der Waals surface area (Å²) in [6.45, 7) is 4.97. The number of primary amides is 1. The number of unbranched alkanes of at least 4 members (excludes halogenated alkanes) is 2. The average molecular weight is 648 g/mol. The first-order valence-corrected chi connectivity index (χ1v) is 16.3. The third kappa shape index (κ3) is 8.74. The number of thioether (sulfide) groups is 1. The molecule has 3 amide bonds. The lowest BCUT2D eigenvalue weighted by atomic mass is 10.1. The van der Waals surface area contributed by atoms with Crippen LogP contribution in [0.3, 0.4) is 0 Å². The number of anilines is 1. The SMILES string of the molecule is CCCCC#Cc1cccc(C2SC(CC(=O)NCCc3ccc(OCC)c(OC)c3)C(=O)N2c2ccc(C(N)=O)c(Cl)c2)c1. The molecule has 2 unspecified atom stereocenters. The highest BCUT2D eigenvalue weighted by molar-refractivity contribution is 8.01. The molecule has 3 aromatic carbocycles. The van der Waals surface area contributed by atoms with E-state index in [-0.39, 0.29) is 28.8 Å². The molecule has 1 fully saturated rings. The first-order chi connectivity index (χ1) is 21.7. The van der Waals surface area contributed by atoms with Crippen LogP contribution in [-0.2, 0) is 16.0 Å². The Morgan fingerprint density at radius 1 is 1.09 bits per heavy atom. The number of ether oxygens (including phenoxy) is 2. The van der Waals surface area contributed by atoms with Crippen LogP contribution in [0.2, 0.25) is 5.02 Å². The molecule has 10 heteroatoms. The number of rotatable bonds is 13. The van der Waals surface area contributed by atoms with E-state index in [0.717, 1.165) is 36.0 Å². The first kappa shape index (κ1) is 33.8. The fourth-order valence-corrected chi connectivity index (χ4v) is 6.66. The Kier molecular flexibility index (Phi) is 12.2. The Morgan fingerprint density at radius 2 is 1.91 bits per heavy atom. The lowest BCUT2D eigenvalue weighted by molar-refractivity contribution is -0.124. The summed E-state index contributed by atoms with van der Waals surface area (Å²) in [5, 5.41) is 2.04. The number of nitrogens with zero attached hydrogens (tertiary/aromatic N) is 1. The molecule has 0 aliphatic carbocycles. The maximum absolute atomic E-state index is 13.9. The number of carbonyl (C=O) groups excluding carboxylic acids is 3. The van der Waals surface area contributed by atoms with E-state index in [1.54, 1.807) is 24.1 Å². The second kappa shape index (κ2) is 16.3. The molecule has 2 atom stereocenters. The number of nitrogens with one attached hydrogen (secondary N) is 1. The highest BCUT2D eigenvalue weighted by Crippen LogP contribution is 2.47. The van der Waals surface area contributed by atoms with Crippen LogP contribution < -0.4 is 25.4 Å². The molecular formula is C35H38ClN3O5S. The molecule has 0 spiro atoms. The summed E-state index contributed by atoms with van der Waals surface area (Å²) in [5.74, 6) is 6.64. The van der Waals surface area contributed by atoms with Crippen molar-refractivity contribution in [2.75, 3.05) is 25.2 Å². The minimum absolute atomic E-state index is 0.00666. The predicted molar refractivity (Wildman–Crippen MR) is 180 cm³/mol. The van der Waals surface area contributed by atoms with Gasteiger partial charge in [-0.3, -0.25) is 19.3 Å². The van der Waals surface area contributed by atoms with E-state index in [2.05, 4.69) is 24.1 Å². The van der Waals surface area contributed by atoms with Crippen LogP contribution in [0.4, 0.5) is 5.69 Å². The van der Waals surface area contributed by atoms with Crippen molar-refractivity contribution < 1.29 is 23.9 Å². The van der Waals surface area contributed by atoms with Gasteiger partial charge in [-0.15, -0.1) is 11.8 Å². The van der Waals surface area contributed by atoms with Crippen molar-refractivity contribution in [1.82, 2.24) is 5.32 Å². The molecule has 236 valence electrons. The third-order valence-corrected chi connectivity index (χ3v) is 8.98. The zero-order valence-electron chi connectivity index (χ0n) is 25.7. The van der Waals surface area contributed by atoms with Gasteiger partial charge in [-0.1, -0.05) is 55.0 Å². The van der Waals surface area contributed by atoms with Crippen LogP contribution in [0.1, 0.15) is 72.0 Å². The maximum atomic E-state index is 13.9. The van der Waals surface area contributed by atoms with Gasteiger partial charge in [0.15, 0.2) is 11.5 Å². The van der Waals surface area contributed by atoms with E-state index in [1.165, 1.54) is 17.8 Å². The van der Waals surface area contributed by atoms with E-state index in [4.69, 9.17) is 26.8 Å². The molecule has 0 aromatic heterocycles. The van der Waals surface area contributed by atoms with Gasteiger partial charge in [0.25, 0.3) is 0 Å². The molecular weight excluding hydrogens is 610 g/mol. The van der Waals surface area contributed by atoms with Crippen LogP contribution in [0.15, 0.2) is 60.7 Å². The molecule has 0 saturated carbocycles. The Balaban J connectivity index is 1.51. The zero-order valence-corrected chi connectivity index (χ0v) is 27.3.